The first-order valence-electron chi connectivity index (χ1n) is 8.22. The van der Waals surface area contributed by atoms with E-state index in [1.54, 1.807) is 23.1 Å². The number of aryl methyl sites for hydroxylation is 1. The Morgan fingerprint density at radius 1 is 1.32 bits per heavy atom. The molecule has 0 bridgehead atoms. The molecule has 1 saturated heterocycles. The molecule has 7 heteroatoms. The lowest BCUT2D eigenvalue weighted by molar-refractivity contribution is 0.0757. The minimum atomic E-state index is -0.582. The molecule has 2 unspecified atom stereocenters. The summed E-state index contributed by atoms with van der Waals surface area (Å²) in [7, 11) is 3.04. The molecule has 1 fully saturated rings. The first kappa shape index (κ1) is 17.3. The van der Waals surface area contributed by atoms with Crippen molar-refractivity contribution in [1.82, 2.24) is 15.1 Å². The number of hydrogen-bond acceptors (Lipinski definition) is 5. The van der Waals surface area contributed by atoms with Crippen molar-refractivity contribution in [3.05, 3.63) is 41.2 Å². The van der Waals surface area contributed by atoms with E-state index in [1.165, 1.54) is 14.2 Å². The van der Waals surface area contributed by atoms with Gasteiger partial charge in [0.2, 0.25) is 0 Å². The number of benzene rings is 1. The van der Waals surface area contributed by atoms with Crippen molar-refractivity contribution in [2.45, 2.75) is 19.4 Å². The maximum atomic E-state index is 13.0. The Morgan fingerprint density at radius 3 is 2.56 bits per heavy atom. The first-order valence-corrected chi connectivity index (χ1v) is 8.22. The van der Waals surface area contributed by atoms with Gasteiger partial charge >= 0.3 is 0 Å². The van der Waals surface area contributed by atoms with Gasteiger partial charge in [0.25, 0.3) is 5.91 Å². The van der Waals surface area contributed by atoms with Crippen LogP contribution >= 0.6 is 0 Å². The maximum absolute atomic E-state index is 13.0. The quantitative estimate of drug-likeness (QED) is 0.855. The summed E-state index contributed by atoms with van der Waals surface area (Å²) in [5, 5.41) is 17.5. The summed E-state index contributed by atoms with van der Waals surface area (Å²) in [6, 6.07) is 7.19. The fraction of sp³-hybridized carbons (Fsp3) is 0.444. The molecule has 0 saturated carbocycles. The Kier molecular flexibility index (Phi) is 4.94. The number of carbonyl (C=O) groups is 1. The van der Waals surface area contributed by atoms with Crippen LogP contribution in [0, 0.1) is 12.8 Å². The molecule has 0 spiro atoms. The molecule has 0 aliphatic carbocycles. The lowest BCUT2D eigenvalue weighted by Crippen LogP contribution is -2.30. The lowest BCUT2D eigenvalue weighted by Gasteiger charge is -2.19. The number of aliphatic hydroxyl groups excluding tert-OH is 1. The second-order valence-electron chi connectivity index (χ2n) is 6.32. The molecule has 2 N–H and O–H groups in total. The number of H-pyrrole nitrogens is 1. The van der Waals surface area contributed by atoms with Crippen molar-refractivity contribution in [3.8, 4) is 11.5 Å². The molecule has 2 heterocycles. The third kappa shape index (κ3) is 3.46. The second-order valence-corrected chi connectivity index (χ2v) is 6.32. The van der Waals surface area contributed by atoms with Gasteiger partial charge in [0.15, 0.2) is 0 Å². The van der Waals surface area contributed by atoms with Gasteiger partial charge in [-0.3, -0.25) is 9.89 Å². The summed E-state index contributed by atoms with van der Waals surface area (Å²) < 4.78 is 10.6. The van der Waals surface area contributed by atoms with Crippen LogP contribution in [0.3, 0.4) is 0 Å². The second kappa shape index (κ2) is 7.14. The number of hydrogen-bond donors (Lipinski definition) is 2. The number of aromatic amines is 1. The minimum Gasteiger partial charge on any atom is -0.496 e. The van der Waals surface area contributed by atoms with Gasteiger partial charge in [-0.1, -0.05) is 6.07 Å². The van der Waals surface area contributed by atoms with Crippen LogP contribution in [0.25, 0.3) is 0 Å². The van der Waals surface area contributed by atoms with Crippen LogP contribution in [0.2, 0.25) is 0 Å². The molecule has 1 aromatic carbocycles. The summed E-state index contributed by atoms with van der Waals surface area (Å²) in [5.41, 5.74) is 2.26. The molecule has 1 aliphatic rings. The molecule has 1 amide bonds. The topological polar surface area (TPSA) is 87.7 Å². The van der Waals surface area contributed by atoms with Crippen molar-refractivity contribution in [2.75, 3.05) is 27.3 Å². The molecular formula is C18H23N3O4. The van der Waals surface area contributed by atoms with Gasteiger partial charge in [-0.05, 0) is 31.5 Å². The zero-order valence-corrected chi connectivity index (χ0v) is 14.7. The Labute approximate surface area is 146 Å². The highest BCUT2D eigenvalue weighted by Gasteiger charge is 2.36. The van der Waals surface area contributed by atoms with Crippen molar-refractivity contribution >= 4 is 5.91 Å². The molecular weight excluding hydrogens is 322 g/mol. The van der Waals surface area contributed by atoms with Gasteiger partial charge in [0.05, 0.1) is 26.0 Å². The normalized spacial score (nSPS) is 19.9. The van der Waals surface area contributed by atoms with E-state index in [1.807, 2.05) is 13.0 Å². The molecule has 1 aliphatic heterocycles. The number of methoxy groups -OCH3 is 2. The highest BCUT2D eigenvalue weighted by Crippen LogP contribution is 2.32. The molecule has 7 nitrogen and oxygen atoms in total. The van der Waals surface area contributed by atoms with Gasteiger partial charge in [0.1, 0.15) is 17.1 Å². The number of carbonyl (C=O) groups excluding carboxylic acids is 1. The van der Waals surface area contributed by atoms with Gasteiger partial charge in [-0.25, -0.2) is 0 Å². The molecule has 134 valence electrons. The molecule has 1 aromatic heterocycles. The molecule has 3 rings (SSSR count). The number of ether oxygens (including phenoxy) is 2. The first-order chi connectivity index (χ1) is 12.0. The number of aromatic nitrogens is 2. The molecule has 25 heavy (non-hydrogen) atoms. The van der Waals surface area contributed by atoms with Crippen LogP contribution < -0.4 is 9.47 Å². The Morgan fingerprint density at radius 2 is 2.00 bits per heavy atom. The zero-order chi connectivity index (χ0) is 18.0. The molecule has 0 radical (unpaired) electrons. The summed E-state index contributed by atoms with van der Waals surface area (Å²) >= 11 is 0. The van der Waals surface area contributed by atoms with Crippen molar-refractivity contribution in [2.24, 2.45) is 5.92 Å². The van der Waals surface area contributed by atoms with Crippen LogP contribution in [0.15, 0.2) is 24.3 Å². The van der Waals surface area contributed by atoms with Gasteiger partial charge in [-0.2, -0.15) is 5.10 Å². The number of rotatable bonds is 5. The zero-order valence-electron chi connectivity index (χ0n) is 14.7. The Balaban J connectivity index is 1.78. The van der Waals surface area contributed by atoms with E-state index in [0.29, 0.717) is 30.0 Å². The largest absolute Gasteiger partial charge is 0.496 e. The summed E-state index contributed by atoms with van der Waals surface area (Å²) in [5.74, 6) is 0.678. The van der Waals surface area contributed by atoms with Crippen LogP contribution in [0.5, 0.6) is 11.5 Å². The van der Waals surface area contributed by atoms with Crippen LogP contribution in [0.4, 0.5) is 0 Å². The average molecular weight is 345 g/mol. The maximum Gasteiger partial charge on any atom is 0.261 e. The monoisotopic (exact) mass is 345 g/mol. The predicted molar refractivity (Wildman–Crippen MR) is 92.0 cm³/mol. The van der Waals surface area contributed by atoms with E-state index >= 15 is 0 Å². The molecule has 2 atom stereocenters. The van der Waals surface area contributed by atoms with Crippen LogP contribution in [-0.2, 0) is 6.42 Å². The van der Waals surface area contributed by atoms with E-state index in [9.17, 15) is 9.90 Å². The summed E-state index contributed by atoms with van der Waals surface area (Å²) in [6.07, 6.45) is 0.0416. The van der Waals surface area contributed by atoms with Gasteiger partial charge in [0, 0.05) is 24.7 Å². The van der Waals surface area contributed by atoms with Crippen LogP contribution in [-0.4, -0.2) is 59.5 Å². The number of likely N-dealkylation sites (tertiary alicyclic amines) is 1. The third-order valence-electron chi connectivity index (χ3n) is 4.57. The molecule has 2 aromatic rings. The van der Waals surface area contributed by atoms with Crippen LogP contribution in [0.1, 0.15) is 21.7 Å². The number of aliphatic hydroxyl groups is 1. The van der Waals surface area contributed by atoms with Crippen molar-refractivity contribution in [3.63, 3.8) is 0 Å². The Hall–Kier alpha value is -2.54. The SMILES string of the molecule is COc1cccc(OC)c1C(=O)N1CC(O)C(Cc2cc(C)[nH]n2)C1. The highest BCUT2D eigenvalue weighted by atomic mass is 16.5. The van der Waals surface area contributed by atoms with Gasteiger partial charge < -0.3 is 19.5 Å². The Bertz CT molecular complexity index is 736. The van der Waals surface area contributed by atoms with E-state index in [-0.39, 0.29) is 18.4 Å². The number of nitrogens with zero attached hydrogens (tertiary/aromatic N) is 2. The predicted octanol–water partition coefficient (Wildman–Crippen LogP) is 1.41. The summed E-state index contributed by atoms with van der Waals surface area (Å²) in [6.45, 7) is 2.69. The van der Waals surface area contributed by atoms with Gasteiger partial charge in [-0.15, -0.1) is 0 Å². The highest BCUT2D eigenvalue weighted by molar-refractivity contribution is 6.00. The minimum absolute atomic E-state index is 0.0487. The third-order valence-corrected chi connectivity index (χ3v) is 4.57. The van der Waals surface area contributed by atoms with Crippen molar-refractivity contribution in [1.29, 1.82) is 0 Å². The number of β-amino-alcohol motifs (C(OH)–C–C–N with tert-alkyl or cyclic N) is 1. The number of nitrogens with one attached hydrogen (secondary N) is 1. The number of amides is 1. The fourth-order valence-electron chi connectivity index (χ4n) is 3.29. The fourth-order valence-corrected chi connectivity index (χ4v) is 3.29. The standard InChI is InChI=1S/C18H23N3O4/c1-11-7-13(20-19-11)8-12-9-21(10-14(12)22)18(23)17-15(24-2)5-4-6-16(17)25-3/h4-7,12,14,22H,8-10H2,1-3H3,(H,19,20). The smallest absolute Gasteiger partial charge is 0.261 e. The van der Waals surface area contributed by atoms with E-state index in [4.69, 9.17) is 9.47 Å². The van der Waals surface area contributed by atoms with E-state index in [0.717, 1.165) is 11.4 Å². The van der Waals surface area contributed by atoms with E-state index < -0.39 is 6.10 Å². The average Bonchev–Trinajstić information content (AvgIpc) is 3.19. The van der Waals surface area contributed by atoms with Crippen molar-refractivity contribution < 1.29 is 19.4 Å². The van der Waals surface area contributed by atoms with E-state index in [2.05, 4.69) is 10.2 Å². The summed E-state index contributed by atoms with van der Waals surface area (Å²) in [4.78, 5) is 14.6. The lowest BCUT2D eigenvalue weighted by atomic mass is 10.00.